The Bertz CT molecular complexity index is 41.4. The lowest BCUT2D eigenvalue weighted by molar-refractivity contribution is 0.844. The van der Waals surface area contributed by atoms with Crippen molar-refractivity contribution >= 4 is 0 Å². The first-order chi connectivity index (χ1) is 3.41. The van der Waals surface area contributed by atoms with Crippen molar-refractivity contribution in [3.63, 3.8) is 0 Å². The minimum absolute atomic E-state index is 1.07. The summed E-state index contributed by atoms with van der Waals surface area (Å²) >= 11 is 0. The number of rotatable bonds is 4. The van der Waals surface area contributed by atoms with Crippen molar-refractivity contribution < 1.29 is 0 Å². The Balaban J connectivity index is 2.56. The van der Waals surface area contributed by atoms with Crippen molar-refractivity contribution in [3.8, 4) is 0 Å². The molecule has 0 aromatic heterocycles. The van der Waals surface area contributed by atoms with Crippen molar-refractivity contribution in [2.75, 3.05) is 7.05 Å². The van der Waals surface area contributed by atoms with E-state index in [0.29, 0.717) is 0 Å². The topological polar surface area (TPSA) is 12.0 Å². The van der Waals surface area contributed by atoms with Gasteiger partial charge < -0.3 is 5.32 Å². The predicted molar refractivity (Wildman–Crippen MR) is 32.8 cm³/mol. The van der Waals surface area contributed by atoms with Gasteiger partial charge in [-0.2, -0.15) is 0 Å². The highest BCUT2D eigenvalue weighted by molar-refractivity contribution is 4.70. The molecule has 0 saturated heterocycles. The summed E-state index contributed by atoms with van der Waals surface area (Å²) in [5, 5.41) is 2.93. The summed E-state index contributed by atoms with van der Waals surface area (Å²) < 4.78 is 0. The van der Waals surface area contributed by atoms with E-state index >= 15 is 0 Å². The van der Waals surface area contributed by atoms with E-state index < -0.39 is 0 Å². The third-order valence-corrected chi connectivity index (χ3v) is 0.719. The zero-order chi connectivity index (χ0) is 5.54. The van der Waals surface area contributed by atoms with Crippen molar-refractivity contribution in [2.24, 2.45) is 0 Å². The van der Waals surface area contributed by atoms with Crippen LogP contribution in [0.15, 0.2) is 12.7 Å². The zero-order valence-corrected chi connectivity index (χ0v) is 4.78. The molecule has 7 heavy (non-hydrogen) atoms. The largest absolute Gasteiger partial charge is 0.315 e. The number of hydrogen-bond acceptors (Lipinski definition) is 1. The highest BCUT2D eigenvalue weighted by Crippen LogP contribution is 1.88. The normalized spacial score (nSPS) is 8.71. The van der Waals surface area contributed by atoms with E-state index in [4.69, 9.17) is 0 Å². The summed E-state index contributed by atoms with van der Waals surface area (Å²) in [4.78, 5) is 0. The van der Waals surface area contributed by atoms with Gasteiger partial charge in [0.2, 0.25) is 0 Å². The van der Waals surface area contributed by atoms with Crippen LogP contribution in [0, 0.1) is 6.54 Å². The quantitative estimate of drug-likeness (QED) is 0.413. The molecule has 0 fully saturated rings. The summed E-state index contributed by atoms with van der Waals surface area (Å²) in [6, 6.07) is 0. The molecule has 1 N–H and O–H groups in total. The van der Waals surface area contributed by atoms with E-state index in [1.807, 2.05) is 19.7 Å². The minimum atomic E-state index is 1.07. The van der Waals surface area contributed by atoms with Crippen LogP contribution >= 0.6 is 0 Å². The van der Waals surface area contributed by atoms with Crippen LogP contribution < -0.4 is 5.32 Å². The molecule has 1 heteroatoms. The Morgan fingerprint density at radius 2 is 2.29 bits per heavy atom. The molecule has 0 aliphatic carbocycles. The van der Waals surface area contributed by atoms with Crippen molar-refractivity contribution in [3.05, 3.63) is 19.2 Å². The fourth-order valence-corrected chi connectivity index (χ4v) is 0.346. The van der Waals surface area contributed by atoms with Crippen LogP contribution in [0.25, 0.3) is 0 Å². The van der Waals surface area contributed by atoms with Crippen LogP contribution in [0.3, 0.4) is 0 Å². The maximum Gasteiger partial charge on any atom is 0.0221 e. The molecule has 41 valence electrons. The van der Waals surface area contributed by atoms with Gasteiger partial charge in [0.25, 0.3) is 0 Å². The van der Waals surface area contributed by atoms with Crippen molar-refractivity contribution in [1.82, 2.24) is 5.32 Å². The van der Waals surface area contributed by atoms with Gasteiger partial charge in [0.05, 0.1) is 0 Å². The van der Waals surface area contributed by atoms with Gasteiger partial charge in [-0.1, -0.05) is 6.08 Å². The molecular weight excluding hydrogens is 86.1 g/mol. The van der Waals surface area contributed by atoms with Gasteiger partial charge in [-0.15, -0.1) is 6.58 Å². The molecule has 0 heterocycles. The van der Waals surface area contributed by atoms with Gasteiger partial charge in [-0.05, 0) is 19.9 Å². The molecule has 0 amide bonds. The first kappa shape index (κ1) is 6.70. The smallest absolute Gasteiger partial charge is 0.0221 e. The lowest BCUT2D eigenvalue weighted by Gasteiger charge is -1.90. The Labute approximate surface area is 45.4 Å². The standard InChI is InChI=1S/C6H12N/c1-3-4-5-6-7-2/h3,6-7H,1,4-5H2,2H3. The van der Waals surface area contributed by atoms with Gasteiger partial charge >= 0.3 is 0 Å². The zero-order valence-electron chi connectivity index (χ0n) is 4.78. The molecule has 0 bridgehead atoms. The van der Waals surface area contributed by atoms with Crippen LogP contribution in [-0.2, 0) is 0 Å². The van der Waals surface area contributed by atoms with E-state index in [1.54, 1.807) is 0 Å². The maximum atomic E-state index is 3.58. The monoisotopic (exact) mass is 98.1 g/mol. The molecule has 0 aromatic carbocycles. The SMILES string of the molecule is C=CCC[CH]NC. The number of nitrogens with one attached hydrogen (secondary N) is 1. The second kappa shape index (κ2) is 5.70. The van der Waals surface area contributed by atoms with E-state index in [0.717, 1.165) is 12.8 Å². The number of hydrogen-bond donors (Lipinski definition) is 1. The molecular formula is C6H12N. The van der Waals surface area contributed by atoms with Gasteiger partial charge in [0, 0.05) is 6.54 Å². The fraction of sp³-hybridized carbons (Fsp3) is 0.500. The lowest BCUT2D eigenvalue weighted by atomic mass is 10.3. The minimum Gasteiger partial charge on any atom is -0.315 e. The van der Waals surface area contributed by atoms with Crippen LogP contribution in [0.4, 0.5) is 0 Å². The highest BCUT2D eigenvalue weighted by Gasteiger charge is 1.76. The predicted octanol–water partition coefficient (Wildman–Crippen LogP) is 1.33. The molecule has 0 aliphatic heterocycles. The summed E-state index contributed by atoms with van der Waals surface area (Å²) in [6.45, 7) is 5.60. The Kier molecular flexibility index (Phi) is 5.46. The van der Waals surface area contributed by atoms with Crippen LogP contribution in [0.2, 0.25) is 0 Å². The summed E-state index contributed by atoms with van der Waals surface area (Å²) in [5.74, 6) is 0. The van der Waals surface area contributed by atoms with Crippen LogP contribution in [0.1, 0.15) is 12.8 Å². The molecule has 0 aromatic rings. The fourth-order valence-electron chi connectivity index (χ4n) is 0.346. The first-order valence-corrected chi connectivity index (χ1v) is 2.51. The average molecular weight is 98.2 g/mol. The van der Waals surface area contributed by atoms with E-state index in [-0.39, 0.29) is 0 Å². The Morgan fingerprint density at radius 3 is 2.71 bits per heavy atom. The van der Waals surface area contributed by atoms with E-state index in [1.165, 1.54) is 0 Å². The average Bonchev–Trinajstić information content (AvgIpc) is 1.69. The summed E-state index contributed by atoms with van der Waals surface area (Å²) in [7, 11) is 1.91. The Morgan fingerprint density at radius 1 is 1.57 bits per heavy atom. The molecule has 0 spiro atoms. The summed E-state index contributed by atoms with van der Waals surface area (Å²) in [5.41, 5.74) is 0. The maximum absolute atomic E-state index is 3.58. The Hall–Kier alpha value is -0.300. The van der Waals surface area contributed by atoms with E-state index in [2.05, 4.69) is 11.9 Å². The van der Waals surface area contributed by atoms with Gasteiger partial charge in [-0.25, -0.2) is 0 Å². The molecule has 0 rings (SSSR count). The third-order valence-electron chi connectivity index (χ3n) is 0.719. The van der Waals surface area contributed by atoms with Crippen molar-refractivity contribution in [2.45, 2.75) is 12.8 Å². The second-order valence-electron chi connectivity index (χ2n) is 1.36. The second-order valence-corrected chi connectivity index (χ2v) is 1.36. The van der Waals surface area contributed by atoms with Crippen molar-refractivity contribution in [1.29, 1.82) is 0 Å². The third kappa shape index (κ3) is 5.70. The molecule has 0 aliphatic rings. The van der Waals surface area contributed by atoms with Gasteiger partial charge in [0.15, 0.2) is 0 Å². The van der Waals surface area contributed by atoms with Gasteiger partial charge in [-0.3, -0.25) is 0 Å². The molecule has 0 saturated carbocycles. The van der Waals surface area contributed by atoms with Gasteiger partial charge in [0.1, 0.15) is 0 Å². The van der Waals surface area contributed by atoms with Crippen LogP contribution in [-0.4, -0.2) is 7.05 Å². The van der Waals surface area contributed by atoms with Crippen LogP contribution in [0.5, 0.6) is 0 Å². The molecule has 0 unspecified atom stereocenters. The molecule has 1 radical (unpaired) electrons. The number of unbranched alkanes of at least 4 members (excludes halogenated alkanes) is 1. The molecule has 1 nitrogen and oxygen atoms in total. The molecule has 0 atom stereocenters. The highest BCUT2D eigenvalue weighted by atomic mass is 14.8. The lowest BCUT2D eigenvalue weighted by Crippen LogP contribution is -1.98. The first-order valence-electron chi connectivity index (χ1n) is 2.51. The summed E-state index contributed by atoms with van der Waals surface area (Å²) in [6.07, 6.45) is 4.06. The number of allylic oxidation sites excluding steroid dienone is 1. The van der Waals surface area contributed by atoms with E-state index in [9.17, 15) is 0 Å².